The number of carbonyl (C=O) groups excluding carboxylic acids is 2. The van der Waals surface area contributed by atoms with Gasteiger partial charge in [-0.15, -0.1) is 0 Å². The molecule has 8 heterocycles. The van der Waals surface area contributed by atoms with Gasteiger partial charge in [-0.05, 0) is 136 Å². The Morgan fingerprint density at radius 1 is 0.625 bits per heavy atom. The van der Waals surface area contributed by atoms with Gasteiger partial charge in [-0.1, -0.05) is 25.5 Å². The molecule has 3 N–H and O–H groups in total. The highest BCUT2D eigenvalue weighted by Crippen LogP contribution is 2.68. The fraction of sp³-hybridized carbons (Fsp3) is 0.914. The second-order valence-electron chi connectivity index (χ2n) is 30.0. The van der Waals surface area contributed by atoms with Crippen LogP contribution in [0.15, 0.2) is 23.5 Å². The number of aliphatic hydroxyl groups excluding tert-OH is 2. The molecule has 8 aliphatic heterocycles. The number of methoxy groups -OCH3 is 4. The van der Waals surface area contributed by atoms with Crippen LogP contribution in [0.2, 0.25) is 0 Å². The standard InChI is InChI=1S/C70H110O26/c1-33-24-49(76-12)59(74)66(82-33)90-43-18-21-67(10)42(25-43)16-17-44-45(67)19-22-68(11)46(44)20-23-69(68,75)40(8)88-56-30-52-65(38(6)87-56)96-70(81-32-80-52)31-53(79-15)64(39(7)95-70)93-55-27-48(73)60(34(2)84-55)91-54-26-47(72)61(35(3)83-54)92-57-29-51(78-14)63(37(5)86-57)94-58-28-50(77-13)62(36(4)85-58)89-41(9)71/h16,24,33-40,43-48,50-58,60-66,72-73,75H,17-23,25-32H2,1-15H3/t33-,34-,35-,36-,37-,38-,39-,40+,43+,44-,45+,46+,47-,48+,50+,51+,52-,53-,54+,55+,56+,57+,58+,60-,61-,62-,63-,64-,65-,66+,67+,68+,69+,70-/m1/s1. The third kappa shape index (κ3) is 14.5. The molecule has 96 heavy (non-hydrogen) atoms. The SMILES string of the molecule is COC1=C[C@@H](C)O[C@@H](O[C@H]2CC[C@@]3(C)C(=CC[C@@H]4[C@@H]3CC[C@@]3(C)[C@H]4CC[C@]3(O)[C@H](C)O[C@H]3C[C@H]4OCO[C@@]5(C[C@@H](OC)[C@H](O[C@H]6C[C@H](O)[C@H](O[C@H]7C[C@@H](O)[C@H](O[C@H]8C[C@H](OC)[C@H](O[C@H]9C[C@H](OC)[C@H](OC(C)=O)[C@@H](C)O9)[C@@H](C)O8)[C@@H](C)O7)[C@@H](C)O6)[C@@H](C)O5)O[C@@H]4[C@@H](C)O3)C2)C1=O. The van der Waals surface area contributed by atoms with E-state index < -0.39 is 171 Å². The maximum Gasteiger partial charge on any atom is 0.303 e. The van der Waals surface area contributed by atoms with Gasteiger partial charge < -0.3 is 115 Å². The van der Waals surface area contributed by atoms with Crippen LogP contribution in [0.5, 0.6) is 0 Å². The summed E-state index contributed by atoms with van der Waals surface area (Å²) in [6, 6.07) is 0. The molecular formula is C70H110O26. The van der Waals surface area contributed by atoms with Gasteiger partial charge >= 0.3 is 5.97 Å². The molecule has 26 heteroatoms. The van der Waals surface area contributed by atoms with Crippen LogP contribution < -0.4 is 0 Å². The van der Waals surface area contributed by atoms with Crippen molar-refractivity contribution in [2.75, 3.05) is 35.2 Å². The molecule has 0 bridgehead atoms. The molecule has 0 aromatic heterocycles. The Hall–Kier alpha value is -2.46. The number of fused-ring (bicyclic) bond motifs is 6. The first-order valence-electron chi connectivity index (χ1n) is 35.5. The smallest absolute Gasteiger partial charge is 0.303 e. The maximum absolute atomic E-state index is 13.1. The van der Waals surface area contributed by atoms with E-state index in [4.69, 9.17) is 99.5 Å². The Bertz CT molecular complexity index is 2700. The highest BCUT2D eigenvalue weighted by Gasteiger charge is 2.66. The van der Waals surface area contributed by atoms with Gasteiger partial charge in [0.2, 0.25) is 6.29 Å². The number of rotatable bonds is 18. The van der Waals surface area contributed by atoms with E-state index in [2.05, 4.69) is 19.9 Å². The molecule has 3 saturated carbocycles. The summed E-state index contributed by atoms with van der Waals surface area (Å²) in [6.07, 6.45) is -5.04. The lowest BCUT2D eigenvalue weighted by Crippen LogP contribution is -2.62. The number of Topliss-reactive ketones (excluding diaryl/α,β-unsaturated/α-hetero) is 1. The second kappa shape index (κ2) is 29.7. The summed E-state index contributed by atoms with van der Waals surface area (Å²) in [6.45, 7) is 20.8. The lowest BCUT2D eigenvalue weighted by atomic mass is 9.46. The first kappa shape index (κ1) is 73.3. The third-order valence-electron chi connectivity index (χ3n) is 24.1. The third-order valence-corrected chi connectivity index (χ3v) is 24.1. The van der Waals surface area contributed by atoms with E-state index in [-0.39, 0.29) is 67.1 Å². The van der Waals surface area contributed by atoms with Crippen molar-refractivity contribution in [2.45, 2.75) is 344 Å². The van der Waals surface area contributed by atoms with Crippen molar-refractivity contribution >= 4 is 11.8 Å². The van der Waals surface area contributed by atoms with Crippen molar-refractivity contribution in [1.82, 2.24) is 0 Å². The summed E-state index contributed by atoms with van der Waals surface area (Å²) >= 11 is 0. The summed E-state index contributed by atoms with van der Waals surface area (Å²) in [5.41, 5.74) is -0.0307. The van der Waals surface area contributed by atoms with Crippen LogP contribution in [-0.2, 0) is 109 Å². The molecule has 12 rings (SSSR count). The molecule has 1 spiro atoms. The van der Waals surface area contributed by atoms with Gasteiger partial charge in [0.05, 0.1) is 105 Å². The predicted octanol–water partition coefficient (Wildman–Crippen LogP) is 6.45. The second-order valence-corrected chi connectivity index (χ2v) is 30.0. The quantitative estimate of drug-likeness (QED) is 0.0981. The Labute approximate surface area is 565 Å². The van der Waals surface area contributed by atoms with Crippen molar-refractivity contribution in [1.29, 1.82) is 0 Å². The Morgan fingerprint density at radius 3 is 1.79 bits per heavy atom. The van der Waals surface area contributed by atoms with Crippen molar-refractivity contribution in [2.24, 2.45) is 28.6 Å². The van der Waals surface area contributed by atoms with Gasteiger partial charge in [-0.25, -0.2) is 0 Å². The number of hydrogen-bond donors (Lipinski definition) is 3. The van der Waals surface area contributed by atoms with E-state index in [9.17, 15) is 24.9 Å². The zero-order valence-corrected chi connectivity index (χ0v) is 58.8. The van der Waals surface area contributed by atoms with Gasteiger partial charge in [0, 0.05) is 65.8 Å². The van der Waals surface area contributed by atoms with Crippen LogP contribution in [-0.4, -0.2) is 240 Å². The van der Waals surface area contributed by atoms with Crippen molar-refractivity contribution in [3.8, 4) is 0 Å². The topological polar surface area (TPSA) is 289 Å². The minimum absolute atomic E-state index is 0.0119. The number of esters is 1. The van der Waals surface area contributed by atoms with Crippen molar-refractivity contribution < 1.29 is 124 Å². The summed E-state index contributed by atoms with van der Waals surface area (Å²) in [7, 11) is 6.24. The highest BCUT2D eigenvalue weighted by atomic mass is 16.9. The van der Waals surface area contributed by atoms with Crippen molar-refractivity contribution in [3.05, 3.63) is 23.5 Å². The Kier molecular flexibility index (Phi) is 22.7. The van der Waals surface area contributed by atoms with Crippen LogP contribution in [0.3, 0.4) is 0 Å². The molecule has 0 aromatic rings. The molecular weight excluding hydrogens is 1260 g/mol. The predicted molar refractivity (Wildman–Crippen MR) is 334 cm³/mol. The summed E-state index contributed by atoms with van der Waals surface area (Å²) in [4.78, 5) is 24.8. The molecule has 0 radical (unpaired) electrons. The number of ether oxygens (including phenoxy) is 21. The van der Waals surface area contributed by atoms with Crippen molar-refractivity contribution in [3.63, 3.8) is 0 Å². The number of ketones is 1. The lowest BCUT2D eigenvalue weighted by Gasteiger charge is -2.59. The van der Waals surface area contributed by atoms with E-state index >= 15 is 0 Å². The van der Waals surface area contributed by atoms with Gasteiger partial charge in [0.15, 0.2) is 50.1 Å². The molecule has 12 aliphatic rings. The average Bonchev–Trinajstić information content (AvgIpc) is 1.47. The fourth-order valence-corrected chi connectivity index (χ4v) is 19.0. The zero-order chi connectivity index (χ0) is 68.5. The number of aliphatic hydroxyl groups is 3. The largest absolute Gasteiger partial charge is 0.493 e. The highest BCUT2D eigenvalue weighted by molar-refractivity contribution is 5.96. The lowest BCUT2D eigenvalue weighted by molar-refractivity contribution is -0.447. The minimum atomic E-state index is -1.58. The molecule has 7 saturated heterocycles. The Morgan fingerprint density at radius 2 is 1.19 bits per heavy atom. The molecule has 0 unspecified atom stereocenters. The fourth-order valence-electron chi connectivity index (χ4n) is 19.0. The van der Waals surface area contributed by atoms with Crippen LogP contribution in [0.25, 0.3) is 0 Å². The van der Waals surface area contributed by atoms with Gasteiger partial charge in [-0.3, -0.25) is 9.59 Å². The summed E-state index contributed by atoms with van der Waals surface area (Å²) in [5.74, 6) is -0.768. The van der Waals surface area contributed by atoms with Crippen LogP contribution >= 0.6 is 0 Å². The number of carbonyl (C=O) groups is 2. The number of hydrogen-bond acceptors (Lipinski definition) is 26. The summed E-state index contributed by atoms with van der Waals surface area (Å²) < 4.78 is 131. The number of allylic oxidation sites excluding steroid dienone is 1. The zero-order valence-electron chi connectivity index (χ0n) is 58.8. The van der Waals surface area contributed by atoms with E-state index in [1.54, 1.807) is 48.2 Å². The van der Waals surface area contributed by atoms with Crippen LogP contribution in [0.1, 0.15) is 166 Å². The maximum atomic E-state index is 13.1. The molecule has 0 amide bonds. The first-order chi connectivity index (χ1) is 45.7. The van der Waals surface area contributed by atoms with Crippen LogP contribution in [0.4, 0.5) is 0 Å². The van der Waals surface area contributed by atoms with E-state index in [0.717, 1.165) is 44.9 Å². The molecule has 34 atom stereocenters. The van der Waals surface area contributed by atoms with Gasteiger partial charge in [0.25, 0.3) is 11.8 Å². The van der Waals surface area contributed by atoms with E-state index in [1.807, 2.05) is 34.6 Å². The molecule has 4 aliphatic carbocycles. The van der Waals surface area contributed by atoms with Crippen LogP contribution in [0, 0.1) is 28.6 Å². The first-order valence-corrected chi connectivity index (χ1v) is 35.5. The van der Waals surface area contributed by atoms with Gasteiger partial charge in [0.1, 0.15) is 36.6 Å². The molecule has 26 nitrogen and oxygen atoms in total. The average molecular weight is 1370 g/mol. The van der Waals surface area contributed by atoms with E-state index in [0.29, 0.717) is 37.0 Å². The monoisotopic (exact) mass is 1370 g/mol. The van der Waals surface area contributed by atoms with Gasteiger partial charge in [-0.2, -0.15) is 0 Å². The minimum Gasteiger partial charge on any atom is -0.493 e. The van der Waals surface area contributed by atoms with E-state index in [1.165, 1.54) is 19.6 Å². The molecule has 0 aromatic carbocycles. The Balaban J connectivity index is 0.592. The normalized spacial score (nSPS) is 51.0. The molecule has 546 valence electrons. The summed E-state index contributed by atoms with van der Waals surface area (Å²) in [5, 5.41) is 36.2. The molecule has 10 fully saturated rings.